The summed E-state index contributed by atoms with van der Waals surface area (Å²) >= 11 is 0. The summed E-state index contributed by atoms with van der Waals surface area (Å²) in [6, 6.07) is 7.44. The number of morpholine rings is 1. The number of hydrogen-bond donors (Lipinski definition) is 1. The molecule has 2 saturated heterocycles. The van der Waals surface area contributed by atoms with E-state index >= 15 is 0 Å². The quantitative estimate of drug-likeness (QED) is 0.523. The Morgan fingerprint density at radius 2 is 1.66 bits per heavy atom. The van der Waals surface area contributed by atoms with Crippen LogP contribution in [-0.4, -0.2) is 84.4 Å². The number of rotatable bonds is 7. The van der Waals surface area contributed by atoms with Crippen LogP contribution >= 0.6 is 0 Å². The first-order valence-electron chi connectivity index (χ1n) is 11.6. The number of Topliss-reactive ketones (excluding diaryl/α,β-unsaturated/α-hetero) is 1. The molecule has 0 unspecified atom stereocenters. The van der Waals surface area contributed by atoms with E-state index < -0.39 is 11.7 Å². The number of amides is 2. The number of carbonyl (C=O) groups excluding carboxylic acids is 3. The summed E-state index contributed by atoms with van der Waals surface area (Å²) in [5.74, 6) is -1.12. The number of nitrogens with one attached hydrogen (secondary N) is 1. The standard InChI is InChI=1S/C24H32N4O4/c29-22(27-10-5-1-2-6-11-27)18-28-17-20(19-7-3-4-8-21(19)28)23(30)24(31)25-9-12-26-13-15-32-16-14-26/h3-4,7-8,17H,1-2,5-6,9-16,18H2,(H,25,31). The SMILES string of the molecule is O=C(NCCN1CCOCC1)C(=O)c1cn(CC(=O)N2CCCCCC2)c2ccccc12. The van der Waals surface area contributed by atoms with E-state index in [9.17, 15) is 14.4 Å². The third-order valence-electron chi connectivity index (χ3n) is 6.32. The fraction of sp³-hybridized carbons (Fsp3) is 0.542. The third-order valence-corrected chi connectivity index (χ3v) is 6.32. The van der Waals surface area contributed by atoms with Crippen LogP contribution in [0.2, 0.25) is 0 Å². The van der Waals surface area contributed by atoms with E-state index in [1.807, 2.05) is 29.2 Å². The number of ether oxygens (including phenoxy) is 1. The minimum atomic E-state index is -0.611. The Labute approximate surface area is 188 Å². The predicted molar refractivity (Wildman–Crippen MR) is 122 cm³/mol. The largest absolute Gasteiger partial charge is 0.379 e. The Kier molecular flexibility index (Phi) is 7.55. The van der Waals surface area contributed by atoms with E-state index in [0.29, 0.717) is 37.3 Å². The summed E-state index contributed by atoms with van der Waals surface area (Å²) in [6.07, 6.45) is 6.05. The van der Waals surface area contributed by atoms with Gasteiger partial charge in [-0.15, -0.1) is 0 Å². The lowest BCUT2D eigenvalue weighted by molar-refractivity contribution is -0.131. The van der Waals surface area contributed by atoms with E-state index in [1.54, 1.807) is 10.8 Å². The molecule has 2 fully saturated rings. The molecule has 0 radical (unpaired) electrons. The van der Waals surface area contributed by atoms with Crippen molar-refractivity contribution in [2.24, 2.45) is 0 Å². The first-order chi connectivity index (χ1) is 15.6. The van der Waals surface area contributed by atoms with Gasteiger partial charge in [-0.3, -0.25) is 19.3 Å². The molecule has 8 nitrogen and oxygen atoms in total. The number of fused-ring (bicyclic) bond motifs is 1. The summed E-state index contributed by atoms with van der Waals surface area (Å²) in [5, 5.41) is 3.44. The van der Waals surface area contributed by atoms with Crippen LogP contribution < -0.4 is 5.32 Å². The lowest BCUT2D eigenvalue weighted by Crippen LogP contribution is -2.42. The van der Waals surface area contributed by atoms with E-state index in [1.165, 1.54) is 0 Å². The zero-order chi connectivity index (χ0) is 22.3. The maximum Gasteiger partial charge on any atom is 0.292 e. The normalized spacial score (nSPS) is 17.8. The first kappa shape index (κ1) is 22.5. The molecular weight excluding hydrogens is 408 g/mol. The van der Waals surface area contributed by atoms with Gasteiger partial charge in [0, 0.05) is 56.4 Å². The fourth-order valence-electron chi connectivity index (χ4n) is 4.48. The van der Waals surface area contributed by atoms with Crippen molar-refractivity contribution in [3.05, 3.63) is 36.0 Å². The van der Waals surface area contributed by atoms with Crippen molar-refractivity contribution in [1.29, 1.82) is 0 Å². The minimum absolute atomic E-state index is 0.0571. The topological polar surface area (TPSA) is 83.9 Å². The second-order valence-corrected chi connectivity index (χ2v) is 8.52. The van der Waals surface area contributed by atoms with Crippen LogP contribution in [0.15, 0.2) is 30.5 Å². The smallest absolute Gasteiger partial charge is 0.292 e. The molecule has 0 saturated carbocycles. The molecule has 2 amide bonds. The van der Waals surface area contributed by atoms with Crippen molar-refractivity contribution in [3.8, 4) is 0 Å². The monoisotopic (exact) mass is 440 g/mol. The maximum atomic E-state index is 12.9. The summed E-state index contributed by atoms with van der Waals surface area (Å²) in [4.78, 5) is 42.5. The molecule has 3 heterocycles. The van der Waals surface area contributed by atoms with Crippen LogP contribution in [-0.2, 0) is 20.9 Å². The lowest BCUT2D eigenvalue weighted by Gasteiger charge is -2.26. The number of carbonyl (C=O) groups is 3. The number of para-hydroxylation sites is 1. The van der Waals surface area contributed by atoms with Crippen LogP contribution in [0.25, 0.3) is 10.9 Å². The molecule has 8 heteroatoms. The van der Waals surface area contributed by atoms with Gasteiger partial charge in [0.1, 0.15) is 6.54 Å². The molecule has 1 aromatic carbocycles. The van der Waals surface area contributed by atoms with Crippen molar-refractivity contribution in [2.75, 3.05) is 52.5 Å². The third kappa shape index (κ3) is 5.37. The van der Waals surface area contributed by atoms with Crippen LogP contribution in [0.1, 0.15) is 36.0 Å². The van der Waals surface area contributed by atoms with Gasteiger partial charge < -0.3 is 19.5 Å². The van der Waals surface area contributed by atoms with E-state index in [0.717, 1.165) is 57.4 Å². The van der Waals surface area contributed by atoms with Gasteiger partial charge in [-0.25, -0.2) is 0 Å². The number of ketones is 1. The Balaban J connectivity index is 1.43. The number of nitrogens with zero attached hydrogens (tertiary/aromatic N) is 3. The van der Waals surface area contributed by atoms with Gasteiger partial charge in [0.25, 0.3) is 11.7 Å². The Hall–Kier alpha value is -2.71. The van der Waals surface area contributed by atoms with Crippen LogP contribution in [0.4, 0.5) is 0 Å². The molecule has 1 aromatic heterocycles. The Morgan fingerprint density at radius 3 is 2.41 bits per heavy atom. The molecule has 4 rings (SSSR count). The summed E-state index contributed by atoms with van der Waals surface area (Å²) in [5.41, 5.74) is 1.13. The Bertz CT molecular complexity index is 956. The molecule has 0 bridgehead atoms. The van der Waals surface area contributed by atoms with Crippen molar-refractivity contribution < 1.29 is 19.1 Å². The van der Waals surface area contributed by atoms with Crippen LogP contribution in [0, 0.1) is 0 Å². The zero-order valence-corrected chi connectivity index (χ0v) is 18.6. The molecule has 2 aliphatic heterocycles. The average molecular weight is 441 g/mol. The van der Waals surface area contributed by atoms with E-state index in [-0.39, 0.29) is 12.5 Å². The van der Waals surface area contributed by atoms with Crippen LogP contribution in [0.5, 0.6) is 0 Å². The van der Waals surface area contributed by atoms with Gasteiger partial charge in [0.2, 0.25) is 5.91 Å². The molecule has 0 aliphatic carbocycles. The molecule has 1 N–H and O–H groups in total. The molecule has 0 atom stereocenters. The van der Waals surface area contributed by atoms with Crippen molar-refractivity contribution in [3.63, 3.8) is 0 Å². The molecule has 2 aromatic rings. The second kappa shape index (κ2) is 10.7. The summed E-state index contributed by atoms with van der Waals surface area (Å²) in [6.45, 7) is 5.91. The molecule has 2 aliphatic rings. The molecule has 32 heavy (non-hydrogen) atoms. The highest BCUT2D eigenvalue weighted by atomic mass is 16.5. The van der Waals surface area contributed by atoms with Gasteiger partial charge in [-0.2, -0.15) is 0 Å². The number of benzene rings is 1. The van der Waals surface area contributed by atoms with Crippen molar-refractivity contribution >= 4 is 28.5 Å². The molecule has 172 valence electrons. The maximum absolute atomic E-state index is 12.9. The average Bonchev–Trinajstić information content (AvgIpc) is 2.99. The van der Waals surface area contributed by atoms with Gasteiger partial charge >= 0.3 is 0 Å². The van der Waals surface area contributed by atoms with Crippen LogP contribution in [0.3, 0.4) is 0 Å². The summed E-state index contributed by atoms with van der Waals surface area (Å²) < 4.78 is 7.13. The number of hydrogen-bond acceptors (Lipinski definition) is 5. The highest BCUT2D eigenvalue weighted by molar-refractivity contribution is 6.45. The van der Waals surface area contributed by atoms with E-state index in [2.05, 4.69) is 10.2 Å². The van der Waals surface area contributed by atoms with Gasteiger partial charge in [0.05, 0.1) is 18.8 Å². The van der Waals surface area contributed by atoms with Crippen molar-refractivity contribution in [1.82, 2.24) is 19.7 Å². The highest BCUT2D eigenvalue weighted by Crippen LogP contribution is 2.22. The van der Waals surface area contributed by atoms with Gasteiger partial charge in [-0.05, 0) is 18.9 Å². The summed E-state index contributed by atoms with van der Waals surface area (Å²) in [7, 11) is 0. The lowest BCUT2D eigenvalue weighted by atomic mass is 10.1. The fourth-order valence-corrected chi connectivity index (χ4v) is 4.48. The highest BCUT2D eigenvalue weighted by Gasteiger charge is 2.23. The van der Waals surface area contributed by atoms with E-state index in [4.69, 9.17) is 4.74 Å². The number of likely N-dealkylation sites (tertiary alicyclic amines) is 1. The van der Waals surface area contributed by atoms with Gasteiger partial charge in [-0.1, -0.05) is 31.0 Å². The number of aromatic nitrogens is 1. The van der Waals surface area contributed by atoms with Crippen molar-refractivity contribution in [2.45, 2.75) is 32.2 Å². The Morgan fingerprint density at radius 1 is 0.938 bits per heavy atom. The molecular formula is C24H32N4O4. The molecule has 0 spiro atoms. The second-order valence-electron chi connectivity index (χ2n) is 8.52. The minimum Gasteiger partial charge on any atom is -0.379 e. The van der Waals surface area contributed by atoms with Gasteiger partial charge in [0.15, 0.2) is 0 Å². The zero-order valence-electron chi connectivity index (χ0n) is 18.6. The first-order valence-corrected chi connectivity index (χ1v) is 11.6. The predicted octanol–water partition coefficient (Wildman–Crippen LogP) is 1.67.